The number of guanidine groups is 1. The molecule has 0 amide bonds. The van der Waals surface area contributed by atoms with Crippen LogP contribution in [0.15, 0.2) is 35.8 Å². The number of sulfone groups is 1. The maximum Gasteiger partial charge on any atom is 0.191 e. The minimum absolute atomic E-state index is 0.117. The minimum atomic E-state index is -3.19. The van der Waals surface area contributed by atoms with Gasteiger partial charge in [0.2, 0.25) is 0 Å². The van der Waals surface area contributed by atoms with Gasteiger partial charge in [-0.05, 0) is 23.3 Å². The number of halogens is 1. The zero-order valence-electron chi connectivity index (χ0n) is 14.0. The van der Waals surface area contributed by atoms with Crippen LogP contribution in [0, 0.1) is 5.82 Å². The van der Waals surface area contributed by atoms with Crippen LogP contribution in [0.25, 0.3) is 0 Å². The van der Waals surface area contributed by atoms with E-state index in [-0.39, 0.29) is 5.75 Å². The van der Waals surface area contributed by atoms with Crippen LogP contribution in [0.1, 0.15) is 11.1 Å². The molecule has 1 aromatic carbocycles. The van der Waals surface area contributed by atoms with Crippen molar-refractivity contribution in [3.8, 4) is 0 Å². The van der Waals surface area contributed by atoms with Crippen LogP contribution in [0.5, 0.6) is 0 Å². The summed E-state index contributed by atoms with van der Waals surface area (Å²) < 4.78 is 36.5. The monoisotopic (exact) mass is 373 g/mol. The van der Waals surface area contributed by atoms with E-state index in [0.717, 1.165) is 24.3 Å². The Kier molecular flexibility index (Phi) is 8.84. The topological polar surface area (TPSA) is 70.6 Å². The Balaban J connectivity index is 2.64. The Labute approximate surface area is 147 Å². The molecule has 0 aliphatic heterocycles. The second-order valence-corrected chi connectivity index (χ2v) is 8.49. The van der Waals surface area contributed by atoms with Gasteiger partial charge in [-0.3, -0.25) is 4.99 Å². The first-order chi connectivity index (χ1) is 11.4. The predicted molar refractivity (Wildman–Crippen MR) is 101 cm³/mol. The number of nitrogens with zero attached hydrogens (tertiary/aromatic N) is 1. The summed E-state index contributed by atoms with van der Waals surface area (Å²) in [6.45, 7) is 4.69. The summed E-state index contributed by atoms with van der Waals surface area (Å²) in [6.07, 6.45) is 3.01. The van der Waals surface area contributed by atoms with Crippen molar-refractivity contribution in [2.24, 2.45) is 4.99 Å². The van der Waals surface area contributed by atoms with Crippen LogP contribution in [0.3, 0.4) is 0 Å². The fraction of sp³-hybridized carbons (Fsp3) is 0.438. The molecule has 0 bridgehead atoms. The van der Waals surface area contributed by atoms with E-state index >= 15 is 0 Å². The van der Waals surface area contributed by atoms with Gasteiger partial charge in [0, 0.05) is 37.9 Å². The van der Waals surface area contributed by atoms with Crippen LogP contribution in [-0.2, 0) is 22.1 Å². The van der Waals surface area contributed by atoms with Crippen molar-refractivity contribution in [3.05, 3.63) is 47.8 Å². The van der Waals surface area contributed by atoms with Crippen molar-refractivity contribution in [3.63, 3.8) is 0 Å². The summed E-state index contributed by atoms with van der Waals surface area (Å²) in [7, 11) is -1.54. The SMILES string of the molecule is C=CCSCCNC(=NC)NCc1cc(F)ccc1CS(C)(=O)=O. The highest BCUT2D eigenvalue weighted by atomic mass is 32.2. The van der Waals surface area contributed by atoms with E-state index in [9.17, 15) is 12.8 Å². The number of nitrogens with one attached hydrogen (secondary N) is 2. The van der Waals surface area contributed by atoms with Gasteiger partial charge in [0.05, 0.1) is 5.75 Å². The van der Waals surface area contributed by atoms with Gasteiger partial charge < -0.3 is 10.6 Å². The Hall–Kier alpha value is -1.54. The van der Waals surface area contributed by atoms with E-state index in [4.69, 9.17) is 0 Å². The summed E-state index contributed by atoms with van der Waals surface area (Å²) in [5.41, 5.74) is 1.19. The fourth-order valence-electron chi connectivity index (χ4n) is 1.99. The highest BCUT2D eigenvalue weighted by Crippen LogP contribution is 2.14. The molecule has 0 saturated carbocycles. The molecule has 0 aromatic heterocycles. The second kappa shape index (κ2) is 10.4. The average molecular weight is 374 g/mol. The molecule has 0 saturated heterocycles. The molecule has 1 aromatic rings. The van der Waals surface area contributed by atoms with E-state index < -0.39 is 15.7 Å². The highest BCUT2D eigenvalue weighted by Gasteiger charge is 2.11. The number of benzene rings is 1. The normalized spacial score (nSPS) is 12.0. The van der Waals surface area contributed by atoms with E-state index in [2.05, 4.69) is 22.2 Å². The predicted octanol–water partition coefficient (Wildman–Crippen LogP) is 1.95. The lowest BCUT2D eigenvalue weighted by Crippen LogP contribution is -2.38. The third-order valence-corrected chi connectivity index (χ3v) is 4.83. The summed E-state index contributed by atoms with van der Waals surface area (Å²) >= 11 is 1.75. The Bertz CT molecular complexity index is 676. The number of rotatable bonds is 9. The molecular formula is C16H24FN3O2S2. The smallest absolute Gasteiger partial charge is 0.191 e. The molecule has 8 heteroatoms. The van der Waals surface area contributed by atoms with E-state index in [1.165, 1.54) is 18.2 Å². The lowest BCUT2D eigenvalue weighted by Gasteiger charge is -2.14. The van der Waals surface area contributed by atoms with Crippen LogP contribution in [0.4, 0.5) is 4.39 Å². The molecule has 0 aliphatic rings. The summed E-state index contributed by atoms with van der Waals surface area (Å²) in [5.74, 6) is 1.88. The number of aliphatic imine (C=N–C) groups is 1. The summed E-state index contributed by atoms with van der Waals surface area (Å²) in [6, 6.07) is 4.13. The van der Waals surface area contributed by atoms with Crippen LogP contribution >= 0.6 is 11.8 Å². The van der Waals surface area contributed by atoms with Gasteiger partial charge in [0.1, 0.15) is 5.82 Å². The van der Waals surface area contributed by atoms with Crippen molar-refractivity contribution in [2.75, 3.05) is 31.4 Å². The molecule has 2 N–H and O–H groups in total. The van der Waals surface area contributed by atoms with Crippen LogP contribution < -0.4 is 10.6 Å². The van der Waals surface area contributed by atoms with Crippen LogP contribution in [0.2, 0.25) is 0 Å². The van der Waals surface area contributed by atoms with E-state index in [1.807, 2.05) is 6.08 Å². The first-order valence-corrected chi connectivity index (χ1v) is 10.7. The largest absolute Gasteiger partial charge is 0.356 e. The Morgan fingerprint density at radius 2 is 2.12 bits per heavy atom. The molecule has 24 heavy (non-hydrogen) atoms. The lowest BCUT2D eigenvalue weighted by atomic mass is 10.1. The molecule has 0 aliphatic carbocycles. The molecule has 0 fully saturated rings. The molecule has 0 radical (unpaired) electrons. The van der Waals surface area contributed by atoms with Crippen LogP contribution in [-0.4, -0.2) is 45.7 Å². The highest BCUT2D eigenvalue weighted by molar-refractivity contribution is 7.99. The number of hydrogen-bond acceptors (Lipinski definition) is 4. The van der Waals surface area contributed by atoms with Crippen molar-refractivity contribution >= 4 is 27.6 Å². The maximum absolute atomic E-state index is 13.5. The van der Waals surface area contributed by atoms with Crippen molar-refractivity contribution < 1.29 is 12.8 Å². The van der Waals surface area contributed by atoms with Gasteiger partial charge >= 0.3 is 0 Å². The van der Waals surface area contributed by atoms with E-state index in [0.29, 0.717) is 23.6 Å². The fourth-order valence-corrected chi connectivity index (χ4v) is 3.42. The van der Waals surface area contributed by atoms with Crippen molar-refractivity contribution in [1.82, 2.24) is 10.6 Å². The first kappa shape index (κ1) is 20.5. The van der Waals surface area contributed by atoms with Gasteiger partial charge in [-0.1, -0.05) is 12.1 Å². The average Bonchev–Trinajstić information content (AvgIpc) is 2.51. The standard InChI is InChI=1S/C16H24FN3O2S2/c1-4-8-23-9-7-19-16(18-2)20-11-14-10-15(17)6-5-13(14)12-24(3,21)22/h4-6,10H,1,7-9,11-12H2,2-3H3,(H2,18,19,20). The molecule has 0 heterocycles. The zero-order chi connectivity index (χ0) is 18.0. The maximum atomic E-state index is 13.5. The number of thioether (sulfide) groups is 1. The molecule has 0 spiro atoms. The lowest BCUT2D eigenvalue weighted by molar-refractivity contribution is 0.599. The Morgan fingerprint density at radius 3 is 2.75 bits per heavy atom. The van der Waals surface area contributed by atoms with E-state index in [1.54, 1.807) is 18.8 Å². The molecule has 0 atom stereocenters. The van der Waals surface area contributed by atoms with Gasteiger partial charge in [0.25, 0.3) is 0 Å². The van der Waals surface area contributed by atoms with Gasteiger partial charge in [-0.2, -0.15) is 11.8 Å². The summed E-state index contributed by atoms with van der Waals surface area (Å²) in [5, 5.41) is 6.23. The van der Waals surface area contributed by atoms with Crippen molar-refractivity contribution in [2.45, 2.75) is 12.3 Å². The second-order valence-electron chi connectivity index (χ2n) is 5.20. The van der Waals surface area contributed by atoms with Gasteiger partial charge in [-0.15, -0.1) is 6.58 Å². The quantitative estimate of drug-likeness (QED) is 0.300. The van der Waals surface area contributed by atoms with Gasteiger partial charge in [0.15, 0.2) is 15.8 Å². The summed E-state index contributed by atoms with van der Waals surface area (Å²) in [4.78, 5) is 4.10. The Morgan fingerprint density at radius 1 is 1.38 bits per heavy atom. The third-order valence-electron chi connectivity index (χ3n) is 3.03. The number of hydrogen-bond donors (Lipinski definition) is 2. The third kappa shape index (κ3) is 8.35. The zero-order valence-corrected chi connectivity index (χ0v) is 15.6. The molecule has 134 valence electrons. The molecule has 1 rings (SSSR count). The van der Waals surface area contributed by atoms with Crippen molar-refractivity contribution in [1.29, 1.82) is 0 Å². The van der Waals surface area contributed by atoms with Gasteiger partial charge in [-0.25, -0.2) is 12.8 Å². The first-order valence-electron chi connectivity index (χ1n) is 7.44. The molecular weight excluding hydrogens is 349 g/mol. The minimum Gasteiger partial charge on any atom is -0.356 e. The molecule has 5 nitrogen and oxygen atoms in total. The molecule has 0 unspecified atom stereocenters.